The summed E-state index contributed by atoms with van der Waals surface area (Å²) in [6, 6.07) is 3.27. The molecular weight excluding hydrogens is 338 g/mol. The van der Waals surface area contributed by atoms with Crippen molar-refractivity contribution >= 4 is 11.9 Å². The molecule has 2 rings (SSSR count). The monoisotopic (exact) mass is 365 g/mol. The molecule has 0 saturated heterocycles. The van der Waals surface area contributed by atoms with Crippen LogP contribution in [0.4, 0.5) is 0 Å². The molecule has 144 valence electrons. The molecule has 7 heteroatoms. The van der Waals surface area contributed by atoms with Crippen molar-refractivity contribution < 1.29 is 28.5 Å². The average molecular weight is 365 g/mol. The van der Waals surface area contributed by atoms with Gasteiger partial charge in [-0.15, -0.1) is 0 Å². The molecule has 7 nitrogen and oxygen atoms in total. The minimum atomic E-state index is -0.654. The van der Waals surface area contributed by atoms with Gasteiger partial charge in [0.2, 0.25) is 5.75 Å². The summed E-state index contributed by atoms with van der Waals surface area (Å²) in [6.07, 6.45) is 6.61. The van der Waals surface area contributed by atoms with Crippen LogP contribution in [0.2, 0.25) is 0 Å². The van der Waals surface area contributed by atoms with Gasteiger partial charge in [0.15, 0.2) is 18.1 Å². The fourth-order valence-corrected chi connectivity index (χ4v) is 3.16. The number of carbonyl (C=O) groups excluding carboxylic acids is 2. The molecule has 26 heavy (non-hydrogen) atoms. The Morgan fingerprint density at radius 2 is 1.62 bits per heavy atom. The molecule has 0 atom stereocenters. The van der Waals surface area contributed by atoms with E-state index in [1.54, 1.807) is 6.07 Å². The Labute approximate surface area is 153 Å². The van der Waals surface area contributed by atoms with E-state index in [0.717, 1.165) is 25.7 Å². The van der Waals surface area contributed by atoms with Crippen LogP contribution in [0.5, 0.6) is 17.2 Å². The Kier molecular flexibility index (Phi) is 7.56. The summed E-state index contributed by atoms with van der Waals surface area (Å²) < 4.78 is 20.9. The number of esters is 1. The van der Waals surface area contributed by atoms with E-state index >= 15 is 0 Å². The lowest BCUT2D eigenvalue weighted by Crippen LogP contribution is -2.37. The van der Waals surface area contributed by atoms with E-state index < -0.39 is 5.97 Å². The zero-order valence-corrected chi connectivity index (χ0v) is 15.6. The first kappa shape index (κ1) is 19.9. The van der Waals surface area contributed by atoms with Gasteiger partial charge in [0.05, 0.1) is 21.3 Å². The Balaban J connectivity index is 1.97. The quantitative estimate of drug-likeness (QED) is 0.591. The lowest BCUT2D eigenvalue weighted by Gasteiger charge is -2.17. The van der Waals surface area contributed by atoms with Crippen molar-refractivity contribution in [3.8, 4) is 17.2 Å². The second-order valence-electron chi connectivity index (χ2n) is 6.21. The molecule has 0 bridgehead atoms. The van der Waals surface area contributed by atoms with Gasteiger partial charge in [0.1, 0.15) is 5.56 Å². The zero-order valence-electron chi connectivity index (χ0n) is 15.6. The number of nitrogens with one attached hydrogen (secondary N) is 1. The third-order valence-corrected chi connectivity index (χ3v) is 4.48. The van der Waals surface area contributed by atoms with Gasteiger partial charge in [-0.3, -0.25) is 4.79 Å². The number of hydrogen-bond acceptors (Lipinski definition) is 6. The van der Waals surface area contributed by atoms with Crippen LogP contribution in [0, 0.1) is 0 Å². The molecule has 0 heterocycles. The largest absolute Gasteiger partial charge is 0.493 e. The van der Waals surface area contributed by atoms with Crippen LogP contribution in [-0.4, -0.2) is 45.9 Å². The van der Waals surface area contributed by atoms with Gasteiger partial charge in [-0.2, -0.15) is 0 Å². The van der Waals surface area contributed by atoms with Crippen molar-refractivity contribution in [3.63, 3.8) is 0 Å². The van der Waals surface area contributed by atoms with Crippen molar-refractivity contribution in [2.24, 2.45) is 0 Å². The highest BCUT2D eigenvalue weighted by Gasteiger charge is 2.23. The number of amides is 1. The maximum atomic E-state index is 12.4. The molecule has 1 saturated carbocycles. The summed E-state index contributed by atoms with van der Waals surface area (Å²) in [5, 5.41) is 2.94. The van der Waals surface area contributed by atoms with E-state index in [1.807, 2.05) is 0 Å². The summed E-state index contributed by atoms with van der Waals surface area (Å²) in [4.78, 5) is 24.4. The van der Waals surface area contributed by atoms with Gasteiger partial charge in [-0.05, 0) is 25.0 Å². The molecule has 0 aromatic heterocycles. The Hall–Kier alpha value is -2.44. The Morgan fingerprint density at radius 1 is 0.962 bits per heavy atom. The molecule has 0 unspecified atom stereocenters. The molecule has 1 aliphatic carbocycles. The highest BCUT2D eigenvalue weighted by atomic mass is 16.5. The fraction of sp³-hybridized carbons (Fsp3) is 0.579. The summed E-state index contributed by atoms with van der Waals surface area (Å²) in [7, 11) is 4.37. The maximum Gasteiger partial charge on any atom is 0.342 e. The predicted molar refractivity (Wildman–Crippen MR) is 96.0 cm³/mol. The Morgan fingerprint density at radius 3 is 2.19 bits per heavy atom. The van der Waals surface area contributed by atoms with E-state index in [4.69, 9.17) is 18.9 Å². The number of hydrogen-bond donors (Lipinski definition) is 1. The summed E-state index contributed by atoms with van der Waals surface area (Å²) in [6.45, 7) is -0.327. The highest BCUT2D eigenvalue weighted by Crippen LogP contribution is 2.39. The fourth-order valence-electron chi connectivity index (χ4n) is 3.16. The van der Waals surface area contributed by atoms with Crippen molar-refractivity contribution in [1.29, 1.82) is 0 Å². The van der Waals surface area contributed by atoms with E-state index in [1.165, 1.54) is 40.2 Å². The summed E-state index contributed by atoms with van der Waals surface area (Å²) >= 11 is 0. The molecule has 0 radical (unpaired) electrons. The number of rotatable bonds is 7. The second kappa shape index (κ2) is 9.89. The molecule has 1 amide bonds. The minimum absolute atomic E-state index is 0.166. The molecule has 0 spiro atoms. The lowest BCUT2D eigenvalue weighted by atomic mass is 10.1. The zero-order chi connectivity index (χ0) is 18.9. The standard InChI is InChI=1S/C19H27NO6/c1-23-15-11-10-14(17(24-2)18(15)25-3)19(22)26-12-16(21)20-13-8-6-4-5-7-9-13/h10-11,13H,4-9,12H2,1-3H3,(H,20,21). The van der Waals surface area contributed by atoms with Crippen LogP contribution < -0.4 is 19.5 Å². The lowest BCUT2D eigenvalue weighted by molar-refractivity contribution is -0.125. The normalized spacial score (nSPS) is 14.9. The number of methoxy groups -OCH3 is 3. The summed E-state index contributed by atoms with van der Waals surface area (Å²) in [5.74, 6) is 0.00361. The number of benzene rings is 1. The highest BCUT2D eigenvalue weighted by molar-refractivity contribution is 5.95. The van der Waals surface area contributed by atoms with Gasteiger partial charge in [-0.1, -0.05) is 25.7 Å². The van der Waals surface area contributed by atoms with Crippen molar-refractivity contribution in [3.05, 3.63) is 17.7 Å². The molecule has 1 aromatic rings. The van der Waals surface area contributed by atoms with E-state index in [2.05, 4.69) is 5.32 Å². The molecule has 1 aromatic carbocycles. The minimum Gasteiger partial charge on any atom is -0.493 e. The molecule has 0 aliphatic heterocycles. The third-order valence-electron chi connectivity index (χ3n) is 4.48. The van der Waals surface area contributed by atoms with E-state index in [-0.39, 0.29) is 29.9 Å². The summed E-state index contributed by atoms with van der Waals surface area (Å²) in [5.41, 5.74) is 0.174. The van der Waals surface area contributed by atoms with Crippen molar-refractivity contribution in [2.45, 2.75) is 44.6 Å². The molecule has 1 fully saturated rings. The van der Waals surface area contributed by atoms with Crippen LogP contribution >= 0.6 is 0 Å². The first-order valence-electron chi connectivity index (χ1n) is 8.86. The molecule has 1 aliphatic rings. The van der Waals surface area contributed by atoms with Crippen LogP contribution in [0.15, 0.2) is 12.1 Å². The molecule has 1 N–H and O–H groups in total. The van der Waals surface area contributed by atoms with Gasteiger partial charge in [0, 0.05) is 6.04 Å². The van der Waals surface area contributed by atoms with Gasteiger partial charge in [0.25, 0.3) is 5.91 Å². The van der Waals surface area contributed by atoms with E-state index in [9.17, 15) is 9.59 Å². The predicted octanol–water partition coefficient (Wildman–Crippen LogP) is 2.71. The van der Waals surface area contributed by atoms with Gasteiger partial charge >= 0.3 is 5.97 Å². The maximum absolute atomic E-state index is 12.4. The first-order valence-corrected chi connectivity index (χ1v) is 8.86. The van der Waals surface area contributed by atoms with Crippen LogP contribution in [0.3, 0.4) is 0 Å². The topological polar surface area (TPSA) is 83.1 Å². The number of carbonyl (C=O) groups is 2. The molecular formula is C19H27NO6. The third kappa shape index (κ3) is 5.03. The second-order valence-corrected chi connectivity index (χ2v) is 6.21. The van der Waals surface area contributed by atoms with Gasteiger partial charge < -0.3 is 24.3 Å². The average Bonchev–Trinajstić information content (AvgIpc) is 2.93. The van der Waals surface area contributed by atoms with Crippen LogP contribution in [0.25, 0.3) is 0 Å². The first-order chi connectivity index (χ1) is 12.6. The number of ether oxygens (including phenoxy) is 4. The smallest absolute Gasteiger partial charge is 0.342 e. The van der Waals surface area contributed by atoms with Crippen molar-refractivity contribution in [2.75, 3.05) is 27.9 Å². The SMILES string of the molecule is COc1ccc(C(=O)OCC(=O)NC2CCCCCC2)c(OC)c1OC. The van der Waals surface area contributed by atoms with Crippen LogP contribution in [0.1, 0.15) is 48.9 Å². The van der Waals surface area contributed by atoms with Gasteiger partial charge in [-0.25, -0.2) is 4.79 Å². The Bertz CT molecular complexity index is 623. The van der Waals surface area contributed by atoms with Crippen molar-refractivity contribution in [1.82, 2.24) is 5.32 Å². The van der Waals surface area contributed by atoms with E-state index in [0.29, 0.717) is 11.5 Å². The van der Waals surface area contributed by atoms with Crippen LogP contribution in [-0.2, 0) is 9.53 Å².